The maximum Gasteiger partial charge on any atom is 0.131 e. The van der Waals surface area contributed by atoms with Gasteiger partial charge in [-0.25, -0.2) is 0 Å². The molecule has 0 aliphatic rings. The lowest BCUT2D eigenvalue weighted by atomic mass is 10.1. The molecule has 0 N–H and O–H groups in total. The van der Waals surface area contributed by atoms with Crippen LogP contribution in [0.25, 0.3) is 0 Å². The van der Waals surface area contributed by atoms with Crippen LogP contribution >= 0.6 is 11.6 Å². The highest BCUT2D eigenvalue weighted by atomic mass is 35.5. The minimum Gasteiger partial charge on any atom is -0.308 e. The average Bonchev–Trinajstić information content (AvgIpc) is 2.52. The Morgan fingerprint density at radius 3 is 2.32 bits per heavy atom. The van der Waals surface area contributed by atoms with Gasteiger partial charge >= 0.3 is 0 Å². The zero-order valence-electron chi connectivity index (χ0n) is 13.1. The van der Waals surface area contributed by atoms with Crippen LogP contribution in [0.2, 0.25) is 5.15 Å². The van der Waals surface area contributed by atoms with Gasteiger partial charge in [0, 0.05) is 38.8 Å². The summed E-state index contributed by atoms with van der Waals surface area (Å²) in [6, 6.07) is 0. The van der Waals surface area contributed by atoms with Crippen LogP contribution in [0.15, 0.2) is 0 Å². The van der Waals surface area contributed by atoms with Gasteiger partial charge in [0.25, 0.3) is 0 Å². The predicted molar refractivity (Wildman–Crippen MR) is 81.6 cm³/mol. The molecular weight excluding hydrogens is 260 g/mol. The molecule has 110 valence electrons. The molecule has 0 unspecified atom stereocenters. The molecule has 1 aromatic heterocycles. The van der Waals surface area contributed by atoms with Crippen molar-refractivity contribution in [2.75, 3.05) is 33.7 Å². The highest BCUT2D eigenvalue weighted by Crippen LogP contribution is 2.20. The maximum atomic E-state index is 6.32. The molecule has 0 spiro atoms. The molecule has 5 heteroatoms. The summed E-state index contributed by atoms with van der Waals surface area (Å²) in [7, 11) is 6.11. The summed E-state index contributed by atoms with van der Waals surface area (Å²) in [5.41, 5.74) is 2.19. The van der Waals surface area contributed by atoms with Crippen LogP contribution in [-0.4, -0.2) is 53.3 Å². The fraction of sp³-hybridized carbons (Fsp3) is 0.786. The van der Waals surface area contributed by atoms with E-state index in [1.807, 2.05) is 14.0 Å². The minimum atomic E-state index is 0.651. The third-order valence-electron chi connectivity index (χ3n) is 3.14. The van der Waals surface area contributed by atoms with E-state index >= 15 is 0 Å². The first-order valence-corrected chi connectivity index (χ1v) is 7.24. The molecule has 4 nitrogen and oxygen atoms in total. The quantitative estimate of drug-likeness (QED) is 0.769. The van der Waals surface area contributed by atoms with Gasteiger partial charge in [-0.2, -0.15) is 5.10 Å². The Balaban J connectivity index is 2.75. The van der Waals surface area contributed by atoms with Gasteiger partial charge < -0.3 is 4.90 Å². The van der Waals surface area contributed by atoms with Gasteiger partial charge in [0.15, 0.2) is 0 Å². The number of nitrogens with zero attached hydrogens (tertiary/aromatic N) is 4. The Labute approximate surface area is 122 Å². The maximum absolute atomic E-state index is 6.32. The van der Waals surface area contributed by atoms with Crippen LogP contribution in [0.3, 0.4) is 0 Å². The fourth-order valence-electron chi connectivity index (χ4n) is 2.17. The topological polar surface area (TPSA) is 24.3 Å². The molecule has 1 rings (SSSR count). The van der Waals surface area contributed by atoms with Gasteiger partial charge in [-0.15, -0.1) is 0 Å². The van der Waals surface area contributed by atoms with Gasteiger partial charge in [0.1, 0.15) is 5.15 Å². The average molecular weight is 287 g/mol. The van der Waals surface area contributed by atoms with Crippen LogP contribution < -0.4 is 0 Å². The van der Waals surface area contributed by atoms with Crippen LogP contribution in [-0.2, 0) is 13.6 Å². The van der Waals surface area contributed by atoms with E-state index in [-0.39, 0.29) is 0 Å². The highest BCUT2D eigenvalue weighted by molar-refractivity contribution is 6.30. The summed E-state index contributed by atoms with van der Waals surface area (Å²) >= 11 is 6.32. The molecular formula is C14H27ClN4. The van der Waals surface area contributed by atoms with E-state index in [0.29, 0.717) is 5.92 Å². The fourth-order valence-corrected chi connectivity index (χ4v) is 2.40. The Morgan fingerprint density at radius 1 is 1.26 bits per heavy atom. The first kappa shape index (κ1) is 16.5. The number of aryl methyl sites for hydroxylation is 2. The van der Waals surface area contributed by atoms with Crippen LogP contribution in [0.5, 0.6) is 0 Å². The SMILES string of the molecule is Cc1nn(C)c(Cl)c1CN(CCN(C)C)CC(C)C. The van der Waals surface area contributed by atoms with E-state index in [4.69, 9.17) is 11.6 Å². The number of aromatic nitrogens is 2. The van der Waals surface area contributed by atoms with E-state index in [1.54, 1.807) is 4.68 Å². The van der Waals surface area contributed by atoms with Gasteiger partial charge in [-0.1, -0.05) is 25.4 Å². The van der Waals surface area contributed by atoms with E-state index in [2.05, 4.69) is 42.8 Å². The van der Waals surface area contributed by atoms with Crippen molar-refractivity contribution in [3.05, 3.63) is 16.4 Å². The molecule has 0 saturated heterocycles. The summed E-state index contributed by atoms with van der Waals surface area (Å²) in [5.74, 6) is 0.651. The van der Waals surface area contributed by atoms with Crippen molar-refractivity contribution in [1.29, 1.82) is 0 Å². The van der Waals surface area contributed by atoms with E-state index in [1.165, 1.54) is 0 Å². The third-order valence-corrected chi connectivity index (χ3v) is 3.61. The van der Waals surface area contributed by atoms with Crippen molar-refractivity contribution in [2.45, 2.75) is 27.3 Å². The number of hydrogen-bond acceptors (Lipinski definition) is 3. The minimum absolute atomic E-state index is 0.651. The van der Waals surface area contributed by atoms with Crippen molar-refractivity contribution in [2.24, 2.45) is 13.0 Å². The molecule has 19 heavy (non-hydrogen) atoms. The lowest BCUT2D eigenvalue weighted by molar-refractivity contribution is 0.211. The first-order chi connectivity index (χ1) is 8.81. The molecule has 1 heterocycles. The Kier molecular flexibility index (Phi) is 6.30. The number of likely N-dealkylation sites (N-methyl/N-ethyl adjacent to an activating group) is 1. The Bertz CT molecular complexity index is 398. The lowest BCUT2D eigenvalue weighted by Crippen LogP contribution is -2.34. The van der Waals surface area contributed by atoms with Crippen LogP contribution in [0.4, 0.5) is 0 Å². The second-order valence-corrected chi connectivity index (χ2v) is 6.27. The first-order valence-electron chi connectivity index (χ1n) is 6.86. The second-order valence-electron chi connectivity index (χ2n) is 5.91. The van der Waals surface area contributed by atoms with Crippen molar-refractivity contribution < 1.29 is 0 Å². The van der Waals surface area contributed by atoms with Crippen molar-refractivity contribution in [3.8, 4) is 0 Å². The van der Waals surface area contributed by atoms with Crippen molar-refractivity contribution in [1.82, 2.24) is 19.6 Å². The molecule has 0 aliphatic carbocycles. The molecule has 0 aliphatic heterocycles. The van der Waals surface area contributed by atoms with Crippen LogP contribution in [0.1, 0.15) is 25.1 Å². The summed E-state index contributed by atoms with van der Waals surface area (Å²) in [5, 5.41) is 5.15. The van der Waals surface area contributed by atoms with Gasteiger partial charge in [-0.3, -0.25) is 9.58 Å². The van der Waals surface area contributed by atoms with Gasteiger partial charge in [0.2, 0.25) is 0 Å². The molecule has 0 atom stereocenters. The molecule has 0 aromatic carbocycles. The molecule has 0 amide bonds. The largest absolute Gasteiger partial charge is 0.308 e. The van der Waals surface area contributed by atoms with E-state index < -0.39 is 0 Å². The van der Waals surface area contributed by atoms with Gasteiger partial charge in [0.05, 0.1) is 5.69 Å². The van der Waals surface area contributed by atoms with E-state index in [9.17, 15) is 0 Å². The smallest absolute Gasteiger partial charge is 0.131 e. The zero-order chi connectivity index (χ0) is 14.6. The summed E-state index contributed by atoms with van der Waals surface area (Å²) in [4.78, 5) is 4.67. The standard InChI is InChI=1S/C14H27ClN4/c1-11(2)9-19(8-7-17(4)5)10-13-12(3)16-18(6)14(13)15/h11H,7-10H2,1-6H3. The van der Waals surface area contributed by atoms with Crippen molar-refractivity contribution >= 4 is 11.6 Å². The zero-order valence-corrected chi connectivity index (χ0v) is 13.8. The second kappa shape index (κ2) is 7.27. The molecule has 0 bridgehead atoms. The van der Waals surface area contributed by atoms with E-state index in [0.717, 1.165) is 42.6 Å². The predicted octanol–water partition coefficient (Wildman–Crippen LogP) is 2.40. The molecule has 0 radical (unpaired) electrons. The highest BCUT2D eigenvalue weighted by Gasteiger charge is 2.16. The Hall–Kier alpha value is -0.580. The number of halogens is 1. The number of hydrogen-bond donors (Lipinski definition) is 0. The van der Waals surface area contributed by atoms with Gasteiger partial charge in [-0.05, 0) is 26.9 Å². The summed E-state index contributed by atoms with van der Waals surface area (Å²) < 4.78 is 1.76. The lowest BCUT2D eigenvalue weighted by Gasteiger charge is -2.25. The monoisotopic (exact) mass is 286 g/mol. The number of rotatable bonds is 7. The molecule has 0 saturated carbocycles. The Morgan fingerprint density at radius 2 is 1.89 bits per heavy atom. The molecule has 1 aromatic rings. The summed E-state index contributed by atoms with van der Waals surface area (Å²) in [6.45, 7) is 10.6. The van der Waals surface area contributed by atoms with Crippen molar-refractivity contribution in [3.63, 3.8) is 0 Å². The third kappa shape index (κ3) is 5.13. The molecule has 0 fully saturated rings. The van der Waals surface area contributed by atoms with Crippen LogP contribution in [0, 0.1) is 12.8 Å². The summed E-state index contributed by atoms with van der Waals surface area (Å²) in [6.07, 6.45) is 0. The normalized spacial score (nSPS) is 12.1.